The van der Waals surface area contributed by atoms with Crippen molar-refractivity contribution in [3.8, 4) is 0 Å². The summed E-state index contributed by atoms with van der Waals surface area (Å²) in [6, 6.07) is 9.71. The third kappa shape index (κ3) is 5.04. The Bertz CT molecular complexity index is 169. The van der Waals surface area contributed by atoms with E-state index >= 15 is 0 Å². The van der Waals surface area contributed by atoms with Gasteiger partial charge in [0.05, 0.1) is 0 Å². The zero-order chi connectivity index (χ0) is 6.53. The van der Waals surface area contributed by atoms with Crippen LogP contribution >= 0.6 is 24.8 Å². The van der Waals surface area contributed by atoms with Crippen molar-refractivity contribution in [1.82, 2.24) is 5.48 Å². The topological polar surface area (TPSA) is 32.3 Å². The first-order valence-electron chi connectivity index (χ1n) is 2.84. The number of halogens is 2. The van der Waals surface area contributed by atoms with Crippen LogP contribution < -0.4 is 5.48 Å². The van der Waals surface area contributed by atoms with Crippen LogP contribution in [-0.4, -0.2) is 5.21 Å². The molecule has 11 heavy (non-hydrogen) atoms. The van der Waals surface area contributed by atoms with Crippen molar-refractivity contribution in [1.29, 1.82) is 0 Å². The lowest BCUT2D eigenvalue weighted by molar-refractivity contribution is 0.161. The summed E-state index contributed by atoms with van der Waals surface area (Å²) in [4.78, 5) is 0. The predicted octanol–water partition coefficient (Wildman–Crippen LogP) is 2.01. The van der Waals surface area contributed by atoms with Gasteiger partial charge in [-0.15, -0.1) is 24.8 Å². The van der Waals surface area contributed by atoms with Crippen LogP contribution in [0, 0.1) is 0 Å². The minimum absolute atomic E-state index is 0. The molecule has 0 saturated heterocycles. The van der Waals surface area contributed by atoms with Gasteiger partial charge in [-0.05, 0) is 5.56 Å². The molecule has 0 saturated carbocycles. The first kappa shape index (κ1) is 13.3. The standard InChI is InChI=1S/C7H9NO.2ClH/c9-8-6-7-4-2-1-3-5-7;;/h1-5,8-9H,6H2;2*1H. The molecular formula is C7H11Cl2NO. The molecule has 0 aliphatic rings. The summed E-state index contributed by atoms with van der Waals surface area (Å²) in [5.74, 6) is 0. The number of hydroxylamine groups is 1. The number of hydrogen-bond acceptors (Lipinski definition) is 2. The number of nitrogens with one attached hydrogen (secondary N) is 1. The largest absolute Gasteiger partial charge is 0.316 e. The van der Waals surface area contributed by atoms with E-state index in [0.29, 0.717) is 6.54 Å². The lowest BCUT2D eigenvalue weighted by atomic mass is 10.2. The normalized spacial score (nSPS) is 7.73. The Morgan fingerprint density at radius 1 is 1.09 bits per heavy atom. The van der Waals surface area contributed by atoms with E-state index in [0.717, 1.165) is 5.56 Å². The third-order valence-corrected chi connectivity index (χ3v) is 1.13. The van der Waals surface area contributed by atoms with Gasteiger partial charge in [-0.3, -0.25) is 0 Å². The summed E-state index contributed by atoms with van der Waals surface area (Å²) >= 11 is 0. The summed E-state index contributed by atoms with van der Waals surface area (Å²) in [5.41, 5.74) is 3.17. The fourth-order valence-corrected chi connectivity index (χ4v) is 0.687. The molecule has 1 aromatic carbocycles. The molecule has 0 radical (unpaired) electrons. The van der Waals surface area contributed by atoms with E-state index in [1.165, 1.54) is 0 Å². The van der Waals surface area contributed by atoms with Crippen LogP contribution in [0.3, 0.4) is 0 Å². The maximum atomic E-state index is 8.27. The maximum Gasteiger partial charge on any atom is 0.0458 e. The van der Waals surface area contributed by atoms with Gasteiger partial charge in [0.15, 0.2) is 0 Å². The van der Waals surface area contributed by atoms with Gasteiger partial charge in [0, 0.05) is 6.54 Å². The Kier molecular flexibility index (Phi) is 9.47. The number of rotatable bonds is 2. The molecule has 1 aromatic rings. The molecule has 0 unspecified atom stereocenters. The molecule has 1 rings (SSSR count). The Hall–Kier alpha value is -0.280. The highest BCUT2D eigenvalue weighted by Gasteiger charge is 1.84. The second kappa shape index (κ2) is 7.82. The van der Waals surface area contributed by atoms with Gasteiger partial charge in [0.25, 0.3) is 0 Å². The molecule has 0 bridgehead atoms. The molecule has 2 N–H and O–H groups in total. The highest BCUT2D eigenvalue weighted by atomic mass is 35.5. The highest BCUT2D eigenvalue weighted by Crippen LogP contribution is 1.95. The van der Waals surface area contributed by atoms with Gasteiger partial charge in [-0.25, -0.2) is 5.48 Å². The molecule has 0 amide bonds. The molecule has 64 valence electrons. The van der Waals surface area contributed by atoms with Crippen LogP contribution in [0.4, 0.5) is 0 Å². The third-order valence-electron chi connectivity index (χ3n) is 1.13. The number of benzene rings is 1. The van der Waals surface area contributed by atoms with Crippen molar-refractivity contribution in [3.63, 3.8) is 0 Å². The molecule has 0 aromatic heterocycles. The monoisotopic (exact) mass is 195 g/mol. The van der Waals surface area contributed by atoms with E-state index in [1.54, 1.807) is 0 Å². The Balaban J connectivity index is 0. The summed E-state index contributed by atoms with van der Waals surface area (Å²) in [7, 11) is 0. The van der Waals surface area contributed by atoms with Crippen LogP contribution in [0.15, 0.2) is 30.3 Å². The van der Waals surface area contributed by atoms with Crippen LogP contribution in [0.25, 0.3) is 0 Å². The van der Waals surface area contributed by atoms with Crippen molar-refractivity contribution in [2.24, 2.45) is 0 Å². The molecule has 0 atom stereocenters. The van der Waals surface area contributed by atoms with Crippen LogP contribution in [0.2, 0.25) is 0 Å². The first-order valence-corrected chi connectivity index (χ1v) is 2.84. The second-order valence-electron chi connectivity index (χ2n) is 1.82. The molecule has 0 fully saturated rings. The van der Waals surface area contributed by atoms with E-state index in [4.69, 9.17) is 5.21 Å². The molecular weight excluding hydrogens is 185 g/mol. The lowest BCUT2D eigenvalue weighted by Gasteiger charge is -1.94. The van der Waals surface area contributed by atoms with E-state index in [9.17, 15) is 0 Å². The molecule has 0 aliphatic carbocycles. The molecule has 0 heterocycles. The molecule has 0 aliphatic heterocycles. The zero-order valence-corrected chi connectivity index (χ0v) is 7.49. The minimum Gasteiger partial charge on any atom is -0.316 e. The minimum atomic E-state index is 0. The molecule has 2 nitrogen and oxygen atoms in total. The fourth-order valence-electron chi connectivity index (χ4n) is 0.687. The van der Waals surface area contributed by atoms with Crippen molar-refractivity contribution in [3.05, 3.63) is 35.9 Å². The quantitative estimate of drug-likeness (QED) is 0.709. The van der Waals surface area contributed by atoms with Crippen molar-refractivity contribution >= 4 is 24.8 Å². The van der Waals surface area contributed by atoms with Crippen molar-refractivity contribution in [2.75, 3.05) is 0 Å². The van der Waals surface area contributed by atoms with E-state index in [1.807, 2.05) is 30.3 Å². The summed E-state index contributed by atoms with van der Waals surface area (Å²) < 4.78 is 0. The van der Waals surface area contributed by atoms with Gasteiger partial charge in [-0.1, -0.05) is 30.3 Å². The smallest absolute Gasteiger partial charge is 0.0458 e. The fraction of sp³-hybridized carbons (Fsp3) is 0.143. The van der Waals surface area contributed by atoms with Crippen LogP contribution in [-0.2, 0) is 6.54 Å². The Morgan fingerprint density at radius 2 is 1.64 bits per heavy atom. The average Bonchev–Trinajstić information content (AvgIpc) is 1.91. The average molecular weight is 196 g/mol. The van der Waals surface area contributed by atoms with Crippen molar-refractivity contribution in [2.45, 2.75) is 6.54 Å². The van der Waals surface area contributed by atoms with Gasteiger partial charge < -0.3 is 5.21 Å². The van der Waals surface area contributed by atoms with E-state index < -0.39 is 0 Å². The van der Waals surface area contributed by atoms with Gasteiger partial charge in [-0.2, -0.15) is 0 Å². The Labute approximate surface area is 78.4 Å². The van der Waals surface area contributed by atoms with Crippen molar-refractivity contribution < 1.29 is 5.21 Å². The summed E-state index contributed by atoms with van der Waals surface area (Å²) in [5, 5.41) is 8.27. The lowest BCUT2D eigenvalue weighted by Crippen LogP contribution is -2.05. The van der Waals surface area contributed by atoms with Gasteiger partial charge >= 0.3 is 0 Å². The molecule has 0 spiro atoms. The zero-order valence-electron chi connectivity index (χ0n) is 5.86. The van der Waals surface area contributed by atoms with Crippen LogP contribution in [0.5, 0.6) is 0 Å². The van der Waals surface area contributed by atoms with E-state index in [2.05, 4.69) is 5.48 Å². The highest BCUT2D eigenvalue weighted by molar-refractivity contribution is 5.85. The second-order valence-corrected chi connectivity index (χ2v) is 1.82. The Morgan fingerprint density at radius 3 is 2.09 bits per heavy atom. The SMILES string of the molecule is Cl.Cl.ONCc1ccccc1. The predicted molar refractivity (Wildman–Crippen MR) is 49.6 cm³/mol. The molecule has 4 heteroatoms. The summed E-state index contributed by atoms with van der Waals surface area (Å²) in [6.45, 7) is 0.515. The number of hydrogen-bond donors (Lipinski definition) is 2. The van der Waals surface area contributed by atoms with Gasteiger partial charge in [0.2, 0.25) is 0 Å². The van der Waals surface area contributed by atoms with Crippen LogP contribution in [0.1, 0.15) is 5.56 Å². The maximum absolute atomic E-state index is 8.27. The summed E-state index contributed by atoms with van der Waals surface area (Å²) in [6.07, 6.45) is 0. The first-order chi connectivity index (χ1) is 4.43. The van der Waals surface area contributed by atoms with Gasteiger partial charge in [0.1, 0.15) is 0 Å². The van der Waals surface area contributed by atoms with E-state index in [-0.39, 0.29) is 24.8 Å².